The number of aryl methyl sites for hydroxylation is 1. The number of hydrogen-bond donors (Lipinski definition) is 3. The van der Waals surface area contributed by atoms with Crippen LogP contribution in [0.2, 0.25) is 0 Å². The predicted octanol–water partition coefficient (Wildman–Crippen LogP) is -0.215. The Kier molecular flexibility index (Phi) is 3.43. The molecule has 0 aliphatic heterocycles. The van der Waals surface area contributed by atoms with Crippen molar-refractivity contribution in [3.8, 4) is 0 Å². The third-order valence-electron chi connectivity index (χ3n) is 2.79. The van der Waals surface area contributed by atoms with Gasteiger partial charge in [0.1, 0.15) is 11.5 Å². The molecule has 0 fully saturated rings. The number of tetrazole rings is 1. The lowest BCUT2D eigenvalue weighted by molar-refractivity contribution is 0.543. The van der Waals surface area contributed by atoms with Crippen LogP contribution >= 0.6 is 0 Å². The maximum atomic E-state index is 11.8. The first-order valence-corrected chi connectivity index (χ1v) is 6.14. The van der Waals surface area contributed by atoms with Gasteiger partial charge in [-0.15, -0.1) is 5.10 Å². The molecule has 0 atom stereocenters. The van der Waals surface area contributed by atoms with E-state index in [-0.39, 0.29) is 16.7 Å². The van der Waals surface area contributed by atoms with Gasteiger partial charge in [0, 0.05) is 12.5 Å². The van der Waals surface area contributed by atoms with Gasteiger partial charge in [-0.05, 0) is 10.4 Å². The average molecular weight is 278 g/mol. The molecule has 0 aliphatic carbocycles. The van der Waals surface area contributed by atoms with Crippen molar-refractivity contribution in [2.24, 2.45) is 7.05 Å². The second kappa shape index (κ2) is 4.91. The second-order valence-electron chi connectivity index (χ2n) is 5.50. The third kappa shape index (κ3) is 2.76. The molecular weight excluding hydrogens is 260 g/mol. The first-order chi connectivity index (χ1) is 9.29. The first-order valence-electron chi connectivity index (χ1n) is 6.14. The van der Waals surface area contributed by atoms with Crippen LogP contribution in [0.15, 0.2) is 4.79 Å². The average Bonchev–Trinajstić information content (AvgIpc) is 2.75. The second-order valence-corrected chi connectivity index (χ2v) is 5.50. The molecule has 0 saturated carbocycles. The van der Waals surface area contributed by atoms with Crippen LogP contribution in [0.3, 0.4) is 0 Å². The predicted molar refractivity (Wildman–Crippen MR) is 74.1 cm³/mol. The van der Waals surface area contributed by atoms with Gasteiger partial charge in [-0.1, -0.05) is 20.8 Å². The van der Waals surface area contributed by atoms with E-state index in [1.165, 1.54) is 4.68 Å². The molecule has 9 heteroatoms. The molecule has 0 aromatic carbocycles. The maximum absolute atomic E-state index is 11.8. The van der Waals surface area contributed by atoms with E-state index in [0.717, 1.165) is 0 Å². The van der Waals surface area contributed by atoms with Crippen LogP contribution in [-0.4, -0.2) is 30.2 Å². The summed E-state index contributed by atoms with van der Waals surface area (Å²) in [7, 11) is 1.73. The van der Waals surface area contributed by atoms with Gasteiger partial charge in [0.15, 0.2) is 11.6 Å². The molecule has 0 bridgehead atoms. The van der Waals surface area contributed by atoms with Gasteiger partial charge in [-0.2, -0.15) is 0 Å². The molecule has 2 rings (SSSR count). The van der Waals surface area contributed by atoms with E-state index in [1.54, 1.807) is 7.05 Å². The van der Waals surface area contributed by atoms with Crippen LogP contribution in [-0.2, 0) is 19.0 Å². The van der Waals surface area contributed by atoms with E-state index in [4.69, 9.17) is 5.73 Å². The fourth-order valence-corrected chi connectivity index (χ4v) is 1.53. The largest absolute Gasteiger partial charge is 0.391 e. The fraction of sp³-hybridized carbons (Fsp3) is 0.545. The Balaban J connectivity index is 2.29. The van der Waals surface area contributed by atoms with Crippen LogP contribution in [0.4, 0.5) is 11.5 Å². The van der Waals surface area contributed by atoms with Crippen LogP contribution in [0.25, 0.3) is 0 Å². The lowest BCUT2D eigenvalue weighted by atomic mass is 9.96. The molecule has 2 aromatic heterocycles. The topological polar surface area (TPSA) is 127 Å². The standard InChI is InChI=1S/C11H18N8O/c1-11(2,3)10-14-8(7(12)9(20)15-10)13-5-6-16-17-18-19(6)4/h5,12H2,1-4H3,(H2,13,14,15,20). The zero-order valence-electron chi connectivity index (χ0n) is 11.9. The number of H-pyrrole nitrogens is 1. The molecule has 0 unspecified atom stereocenters. The van der Waals surface area contributed by atoms with Crippen molar-refractivity contribution in [2.75, 3.05) is 11.1 Å². The van der Waals surface area contributed by atoms with Crippen LogP contribution < -0.4 is 16.6 Å². The number of nitrogens with zero attached hydrogens (tertiary/aromatic N) is 5. The van der Waals surface area contributed by atoms with Crippen LogP contribution in [0.1, 0.15) is 32.4 Å². The Hall–Kier alpha value is -2.45. The molecule has 4 N–H and O–H groups in total. The number of hydrogen-bond acceptors (Lipinski definition) is 7. The zero-order valence-corrected chi connectivity index (χ0v) is 11.9. The van der Waals surface area contributed by atoms with Gasteiger partial charge in [0.05, 0.1) is 6.54 Å². The molecular formula is C11H18N8O. The quantitative estimate of drug-likeness (QED) is 0.708. The highest BCUT2D eigenvalue weighted by Gasteiger charge is 2.19. The maximum Gasteiger partial charge on any atom is 0.276 e. The highest BCUT2D eigenvalue weighted by atomic mass is 16.1. The van der Waals surface area contributed by atoms with Crippen molar-refractivity contribution in [3.63, 3.8) is 0 Å². The molecule has 0 spiro atoms. The molecule has 20 heavy (non-hydrogen) atoms. The number of nitrogens with one attached hydrogen (secondary N) is 2. The smallest absolute Gasteiger partial charge is 0.276 e. The number of aromatic amines is 1. The van der Waals surface area contributed by atoms with E-state index < -0.39 is 0 Å². The Morgan fingerprint density at radius 3 is 2.65 bits per heavy atom. The summed E-state index contributed by atoms with van der Waals surface area (Å²) in [5, 5.41) is 14.1. The van der Waals surface area contributed by atoms with E-state index >= 15 is 0 Å². The van der Waals surface area contributed by atoms with Crippen molar-refractivity contribution >= 4 is 11.5 Å². The summed E-state index contributed by atoms with van der Waals surface area (Å²) in [6, 6.07) is 0. The number of aromatic nitrogens is 6. The highest BCUT2D eigenvalue weighted by Crippen LogP contribution is 2.20. The van der Waals surface area contributed by atoms with E-state index in [9.17, 15) is 4.79 Å². The van der Waals surface area contributed by atoms with E-state index in [0.29, 0.717) is 24.0 Å². The lowest BCUT2D eigenvalue weighted by Gasteiger charge is -2.18. The highest BCUT2D eigenvalue weighted by molar-refractivity contribution is 5.59. The van der Waals surface area contributed by atoms with Gasteiger partial charge in [0.2, 0.25) is 0 Å². The molecule has 0 radical (unpaired) electrons. The van der Waals surface area contributed by atoms with Crippen molar-refractivity contribution in [3.05, 3.63) is 22.0 Å². The number of anilines is 2. The fourth-order valence-electron chi connectivity index (χ4n) is 1.53. The number of nitrogens with two attached hydrogens (primary N) is 1. The Labute approximate surface area is 115 Å². The molecule has 108 valence electrons. The van der Waals surface area contributed by atoms with E-state index in [2.05, 4.69) is 30.8 Å². The molecule has 0 aliphatic rings. The first kappa shape index (κ1) is 14.0. The Bertz CT molecular complexity index is 666. The van der Waals surface area contributed by atoms with E-state index in [1.807, 2.05) is 20.8 Å². The van der Waals surface area contributed by atoms with Gasteiger partial charge in [-0.25, -0.2) is 9.67 Å². The van der Waals surface area contributed by atoms with Crippen molar-refractivity contribution < 1.29 is 0 Å². The molecule has 2 heterocycles. The summed E-state index contributed by atoms with van der Waals surface area (Å²) in [5.74, 6) is 1.51. The summed E-state index contributed by atoms with van der Waals surface area (Å²) in [5.41, 5.74) is 5.15. The normalized spacial score (nSPS) is 11.6. The molecule has 0 amide bonds. The molecule has 9 nitrogen and oxygen atoms in total. The van der Waals surface area contributed by atoms with Crippen LogP contribution in [0, 0.1) is 0 Å². The van der Waals surface area contributed by atoms with Crippen LogP contribution in [0.5, 0.6) is 0 Å². The summed E-state index contributed by atoms with van der Waals surface area (Å²) in [4.78, 5) is 18.9. The summed E-state index contributed by atoms with van der Waals surface area (Å²) < 4.78 is 1.53. The number of rotatable bonds is 3. The Morgan fingerprint density at radius 2 is 2.10 bits per heavy atom. The SMILES string of the molecule is Cn1nnnc1CNc1nc(C(C)(C)C)[nH]c(=O)c1N. The van der Waals surface area contributed by atoms with Crippen molar-refractivity contribution in [1.29, 1.82) is 0 Å². The summed E-state index contributed by atoms with van der Waals surface area (Å²) in [6.07, 6.45) is 0. The van der Waals surface area contributed by atoms with Gasteiger partial charge < -0.3 is 16.0 Å². The third-order valence-corrected chi connectivity index (χ3v) is 2.79. The summed E-state index contributed by atoms with van der Waals surface area (Å²) in [6.45, 7) is 6.20. The monoisotopic (exact) mass is 278 g/mol. The van der Waals surface area contributed by atoms with Gasteiger partial charge >= 0.3 is 0 Å². The van der Waals surface area contributed by atoms with Gasteiger partial charge in [-0.3, -0.25) is 4.79 Å². The Morgan fingerprint density at radius 1 is 1.40 bits per heavy atom. The number of nitrogen functional groups attached to an aromatic ring is 1. The minimum Gasteiger partial charge on any atom is -0.391 e. The van der Waals surface area contributed by atoms with Crippen molar-refractivity contribution in [2.45, 2.75) is 32.7 Å². The summed E-state index contributed by atoms with van der Waals surface area (Å²) >= 11 is 0. The van der Waals surface area contributed by atoms with Crippen molar-refractivity contribution in [1.82, 2.24) is 30.2 Å². The molecule has 2 aromatic rings. The zero-order chi connectivity index (χ0) is 14.9. The lowest BCUT2D eigenvalue weighted by Crippen LogP contribution is -2.25. The van der Waals surface area contributed by atoms with Gasteiger partial charge in [0.25, 0.3) is 5.56 Å². The minimum atomic E-state index is -0.358. The molecule has 0 saturated heterocycles. The minimum absolute atomic E-state index is 0.0492.